The van der Waals surface area contributed by atoms with Gasteiger partial charge in [-0.05, 0) is 37.9 Å². The van der Waals surface area contributed by atoms with Crippen molar-refractivity contribution in [2.45, 2.75) is 31.3 Å². The van der Waals surface area contributed by atoms with Gasteiger partial charge >= 0.3 is 0 Å². The van der Waals surface area contributed by atoms with E-state index in [0.29, 0.717) is 30.6 Å². The zero-order valence-electron chi connectivity index (χ0n) is 15.5. The highest BCUT2D eigenvalue weighted by Crippen LogP contribution is 2.20. The lowest BCUT2D eigenvalue weighted by Crippen LogP contribution is -2.33. The Morgan fingerprint density at radius 1 is 1.32 bits per heavy atom. The maximum absolute atomic E-state index is 12.8. The molecule has 2 aromatic heterocycles. The molecule has 4 heterocycles. The molecule has 2 saturated heterocycles. The molecule has 0 aliphatic carbocycles. The summed E-state index contributed by atoms with van der Waals surface area (Å²) in [5.74, 6) is 0.502. The first-order valence-electron chi connectivity index (χ1n) is 9.52. The van der Waals surface area contributed by atoms with E-state index in [-0.39, 0.29) is 17.6 Å². The van der Waals surface area contributed by atoms with Gasteiger partial charge in [0.15, 0.2) is 0 Å². The van der Waals surface area contributed by atoms with Crippen molar-refractivity contribution in [2.75, 3.05) is 31.5 Å². The van der Waals surface area contributed by atoms with Crippen molar-refractivity contribution < 1.29 is 9.72 Å². The third-order valence-corrected chi connectivity index (χ3v) is 5.26. The Labute approximate surface area is 162 Å². The van der Waals surface area contributed by atoms with E-state index >= 15 is 0 Å². The minimum Gasteiger partial charge on any atom is -0.365 e. The Hall–Kier alpha value is -3.01. The fraction of sp³-hybridized carbons (Fsp3) is 0.500. The lowest BCUT2D eigenvalue weighted by atomic mass is 10.1. The monoisotopic (exact) mass is 385 g/mol. The third-order valence-electron chi connectivity index (χ3n) is 5.26. The van der Waals surface area contributed by atoms with Gasteiger partial charge < -0.3 is 15.5 Å². The van der Waals surface area contributed by atoms with E-state index in [1.165, 1.54) is 12.3 Å². The Balaban J connectivity index is 1.34. The molecule has 2 atom stereocenters. The minimum absolute atomic E-state index is 0.0440. The van der Waals surface area contributed by atoms with Crippen molar-refractivity contribution in [3.63, 3.8) is 0 Å². The lowest BCUT2D eigenvalue weighted by molar-refractivity contribution is -0.385. The number of aromatic nitrogens is 3. The molecular formula is C18H23N7O3. The standard InChI is InChI=1S/C18H23N7O3/c26-18(16-6-9-24(22-16)14-2-1-7-19-10-14)23-8-5-13(12-23)21-17-4-3-15(11-20-17)25(27)28/h3-4,6,9,11,13-14,19H,1-2,5,7-8,10,12H2,(H,20,21). The quantitative estimate of drug-likeness (QED) is 0.590. The molecule has 0 radical (unpaired) electrons. The van der Waals surface area contributed by atoms with Crippen LogP contribution in [0.3, 0.4) is 0 Å². The Morgan fingerprint density at radius 3 is 2.93 bits per heavy atom. The van der Waals surface area contributed by atoms with Gasteiger partial charge in [0.2, 0.25) is 0 Å². The van der Waals surface area contributed by atoms with Crippen molar-refractivity contribution in [2.24, 2.45) is 0 Å². The Bertz CT molecular complexity index is 845. The van der Waals surface area contributed by atoms with Gasteiger partial charge in [0.25, 0.3) is 11.6 Å². The molecule has 2 aliphatic rings. The summed E-state index contributed by atoms with van der Waals surface area (Å²) in [5.41, 5.74) is 0.428. The Morgan fingerprint density at radius 2 is 2.21 bits per heavy atom. The van der Waals surface area contributed by atoms with Crippen LogP contribution in [-0.2, 0) is 0 Å². The average molecular weight is 385 g/mol. The van der Waals surface area contributed by atoms with Crippen LogP contribution in [-0.4, -0.2) is 62.7 Å². The normalized spacial score (nSPS) is 22.2. The van der Waals surface area contributed by atoms with Crippen molar-refractivity contribution >= 4 is 17.4 Å². The van der Waals surface area contributed by atoms with E-state index in [0.717, 1.165) is 32.4 Å². The zero-order chi connectivity index (χ0) is 19.5. The second-order valence-corrected chi connectivity index (χ2v) is 7.22. The van der Waals surface area contributed by atoms with Crippen LogP contribution in [0.25, 0.3) is 0 Å². The van der Waals surface area contributed by atoms with E-state index in [1.807, 2.05) is 10.9 Å². The number of hydrogen-bond donors (Lipinski definition) is 2. The minimum atomic E-state index is -0.477. The first-order valence-corrected chi connectivity index (χ1v) is 9.52. The predicted octanol–water partition coefficient (Wildman–Crippen LogP) is 1.44. The number of amides is 1. The van der Waals surface area contributed by atoms with E-state index in [4.69, 9.17) is 0 Å². The van der Waals surface area contributed by atoms with Gasteiger partial charge in [-0.25, -0.2) is 4.98 Å². The van der Waals surface area contributed by atoms with E-state index in [1.54, 1.807) is 17.0 Å². The number of pyridine rings is 1. The fourth-order valence-electron chi connectivity index (χ4n) is 3.73. The molecule has 28 heavy (non-hydrogen) atoms. The zero-order valence-corrected chi connectivity index (χ0v) is 15.5. The number of rotatable bonds is 5. The molecule has 2 unspecified atom stereocenters. The molecule has 0 bridgehead atoms. The highest BCUT2D eigenvalue weighted by molar-refractivity contribution is 5.92. The topological polar surface area (TPSA) is 118 Å². The highest BCUT2D eigenvalue weighted by atomic mass is 16.6. The van der Waals surface area contributed by atoms with Gasteiger partial charge in [0, 0.05) is 37.9 Å². The summed E-state index contributed by atoms with van der Waals surface area (Å²) in [6.45, 7) is 3.11. The summed E-state index contributed by atoms with van der Waals surface area (Å²) in [4.78, 5) is 28.9. The maximum Gasteiger partial charge on any atom is 0.287 e. The van der Waals surface area contributed by atoms with Gasteiger partial charge in [-0.3, -0.25) is 19.6 Å². The predicted molar refractivity (Wildman–Crippen MR) is 102 cm³/mol. The first kappa shape index (κ1) is 18.4. The number of nitro groups is 1. The number of nitrogens with zero attached hydrogens (tertiary/aromatic N) is 5. The van der Waals surface area contributed by atoms with E-state index in [9.17, 15) is 14.9 Å². The number of carbonyl (C=O) groups is 1. The molecule has 10 nitrogen and oxygen atoms in total. The number of anilines is 1. The van der Waals surface area contributed by atoms with Crippen LogP contribution in [0.4, 0.5) is 11.5 Å². The number of carbonyl (C=O) groups excluding carboxylic acids is 1. The molecule has 2 aliphatic heterocycles. The lowest BCUT2D eigenvalue weighted by Gasteiger charge is -2.23. The van der Waals surface area contributed by atoms with Gasteiger partial charge in [-0.2, -0.15) is 5.10 Å². The average Bonchev–Trinajstić information content (AvgIpc) is 3.38. The van der Waals surface area contributed by atoms with Crippen molar-refractivity contribution in [1.82, 2.24) is 25.0 Å². The maximum atomic E-state index is 12.8. The summed E-state index contributed by atoms with van der Waals surface area (Å²) in [6, 6.07) is 5.15. The molecular weight excluding hydrogens is 362 g/mol. The van der Waals surface area contributed by atoms with Crippen LogP contribution < -0.4 is 10.6 Å². The molecule has 2 aromatic rings. The largest absolute Gasteiger partial charge is 0.365 e. The fourth-order valence-corrected chi connectivity index (χ4v) is 3.73. The second-order valence-electron chi connectivity index (χ2n) is 7.22. The first-order chi connectivity index (χ1) is 13.6. The van der Waals surface area contributed by atoms with Crippen LogP contribution in [0.5, 0.6) is 0 Å². The van der Waals surface area contributed by atoms with Crippen LogP contribution >= 0.6 is 0 Å². The van der Waals surface area contributed by atoms with E-state index < -0.39 is 4.92 Å². The number of hydrogen-bond acceptors (Lipinski definition) is 7. The molecule has 0 saturated carbocycles. The highest BCUT2D eigenvalue weighted by Gasteiger charge is 2.29. The molecule has 0 spiro atoms. The molecule has 2 fully saturated rings. The van der Waals surface area contributed by atoms with Gasteiger partial charge in [-0.1, -0.05) is 0 Å². The summed E-state index contributed by atoms with van der Waals surface area (Å²) < 4.78 is 1.89. The van der Waals surface area contributed by atoms with Crippen molar-refractivity contribution in [1.29, 1.82) is 0 Å². The second kappa shape index (κ2) is 7.93. The van der Waals surface area contributed by atoms with Gasteiger partial charge in [0.05, 0.1) is 11.0 Å². The van der Waals surface area contributed by atoms with Crippen LogP contribution in [0, 0.1) is 10.1 Å². The molecule has 148 valence electrons. The van der Waals surface area contributed by atoms with Gasteiger partial charge in [-0.15, -0.1) is 0 Å². The van der Waals surface area contributed by atoms with E-state index in [2.05, 4.69) is 20.7 Å². The summed E-state index contributed by atoms with van der Waals surface area (Å²) >= 11 is 0. The molecule has 2 N–H and O–H groups in total. The van der Waals surface area contributed by atoms with Crippen LogP contribution in [0.2, 0.25) is 0 Å². The molecule has 1 amide bonds. The smallest absolute Gasteiger partial charge is 0.287 e. The number of likely N-dealkylation sites (tertiary alicyclic amines) is 1. The van der Waals surface area contributed by atoms with Crippen molar-refractivity contribution in [3.8, 4) is 0 Å². The molecule has 4 rings (SSSR count). The summed E-state index contributed by atoms with van der Waals surface area (Å²) in [5, 5.41) is 21.8. The van der Waals surface area contributed by atoms with Gasteiger partial charge in [0.1, 0.15) is 17.7 Å². The van der Waals surface area contributed by atoms with Crippen molar-refractivity contribution in [3.05, 3.63) is 46.4 Å². The van der Waals surface area contributed by atoms with Crippen LogP contribution in [0.1, 0.15) is 35.8 Å². The summed E-state index contributed by atoms with van der Waals surface area (Å²) in [6.07, 6.45) is 6.09. The Kier molecular flexibility index (Phi) is 5.20. The SMILES string of the molecule is O=C(c1ccn(C2CCCNC2)n1)N1CCC(Nc2ccc([N+](=O)[O-])cn2)C1. The molecule has 10 heteroatoms. The third kappa shape index (κ3) is 3.96. The summed E-state index contributed by atoms with van der Waals surface area (Å²) in [7, 11) is 0. The van der Waals surface area contributed by atoms with Crippen LogP contribution in [0.15, 0.2) is 30.6 Å². The molecule has 0 aromatic carbocycles. The number of nitrogens with one attached hydrogen (secondary N) is 2. The number of piperidine rings is 1.